The standard InChI is InChI=1S/C27H23Cl2F3N6O/c28-18-5-2-16(3-6-18)24-23(37-11-1-10-33-25(37)35-24)15-36-13-19-7-8-20(14-36)38(19)26(39)34-22-12-17(27(30,31)32)4-9-21(22)29/h1-6,9-12,19-20H,7-8,13-15H2,(H,34,39). The van der Waals surface area contributed by atoms with Crippen LogP contribution < -0.4 is 5.32 Å². The Hall–Kier alpha value is -3.34. The van der Waals surface area contributed by atoms with Crippen LogP contribution in [0.5, 0.6) is 0 Å². The predicted molar refractivity (Wildman–Crippen MR) is 143 cm³/mol. The number of piperazine rings is 1. The largest absolute Gasteiger partial charge is 0.416 e. The molecular formula is C27H23Cl2F3N6O. The fourth-order valence-corrected chi connectivity index (χ4v) is 5.86. The Morgan fingerprint density at radius 3 is 2.46 bits per heavy atom. The number of hydrogen-bond acceptors (Lipinski definition) is 4. The first kappa shape index (κ1) is 25.9. The highest BCUT2D eigenvalue weighted by Gasteiger charge is 2.43. The molecule has 2 saturated heterocycles. The van der Waals surface area contributed by atoms with Gasteiger partial charge in [0.1, 0.15) is 0 Å². The molecule has 4 aromatic rings. The molecule has 2 aliphatic heterocycles. The molecule has 2 aromatic carbocycles. The lowest BCUT2D eigenvalue weighted by Gasteiger charge is -2.41. The van der Waals surface area contributed by atoms with Gasteiger partial charge in [-0.2, -0.15) is 13.2 Å². The van der Waals surface area contributed by atoms with Crippen molar-refractivity contribution >= 4 is 40.7 Å². The molecular weight excluding hydrogens is 552 g/mol. The van der Waals surface area contributed by atoms with Crippen LogP contribution in [0.3, 0.4) is 0 Å². The van der Waals surface area contributed by atoms with Gasteiger partial charge in [0, 0.05) is 54.7 Å². The monoisotopic (exact) mass is 574 g/mol. The lowest BCUT2D eigenvalue weighted by molar-refractivity contribution is -0.137. The zero-order valence-electron chi connectivity index (χ0n) is 20.5. The summed E-state index contributed by atoms with van der Waals surface area (Å²) in [6.45, 7) is 1.83. The molecule has 0 saturated carbocycles. The van der Waals surface area contributed by atoms with E-state index in [0.717, 1.165) is 48.0 Å². The number of rotatable bonds is 4. The van der Waals surface area contributed by atoms with Crippen LogP contribution in [0.2, 0.25) is 10.0 Å². The summed E-state index contributed by atoms with van der Waals surface area (Å²) in [5.74, 6) is 0.594. The molecule has 6 rings (SSSR count). The van der Waals surface area contributed by atoms with Gasteiger partial charge in [-0.3, -0.25) is 9.30 Å². The summed E-state index contributed by atoms with van der Waals surface area (Å²) in [7, 11) is 0. The number of hydrogen-bond donors (Lipinski definition) is 1. The van der Waals surface area contributed by atoms with E-state index in [1.54, 1.807) is 11.1 Å². The van der Waals surface area contributed by atoms with Crippen LogP contribution in [0.1, 0.15) is 24.1 Å². The van der Waals surface area contributed by atoms with Gasteiger partial charge in [-0.25, -0.2) is 14.8 Å². The highest BCUT2D eigenvalue weighted by molar-refractivity contribution is 6.33. The zero-order valence-corrected chi connectivity index (χ0v) is 22.0. The molecule has 12 heteroatoms. The fraction of sp³-hybridized carbons (Fsp3) is 0.296. The second kappa shape index (κ2) is 10.0. The number of amides is 2. The fourth-order valence-electron chi connectivity index (χ4n) is 5.57. The molecule has 2 amide bonds. The number of imidazole rings is 1. The van der Waals surface area contributed by atoms with Gasteiger partial charge in [0.05, 0.1) is 27.7 Å². The summed E-state index contributed by atoms with van der Waals surface area (Å²) in [6.07, 6.45) is 0.716. The second-order valence-corrected chi connectivity index (χ2v) is 10.7. The molecule has 2 aromatic heterocycles. The maximum absolute atomic E-state index is 13.2. The van der Waals surface area contributed by atoms with Gasteiger partial charge in [0.25, 0.3) is 0 Å². The Morgan fingerprint density at radius 2 is 1.77 bits per heavy atom. The minimum Gasteiger partial charge on any atom is -0.316 e. The third kappa shape index (κ3) is 5.04. The van der Waals surface area contributed by atoms with Crippen molar-refractivity contribution in [1.82, 2.24) is 24.2 Å². The number of urea groups is 1. The number of carbonyl (C=O) groups is 1. The van der Waals surface area contributed by atoms with E-state index in [1.165, 1.54) is 0 Å². The molecule has 7 nitrogen and oxygen atoms in total. The Kier molecular flexibility index (Phi) is 6.65. The molecule has 0 spiro atoms. The van der Waals surface area contributed by atoms with Gasteiger partial charge in [-0.15, -0.1) is 0 Å². The van der Waals surface area contributed by atoms with Gasteiger partial charge in [0.2, 0.25) is 5.78 Å². The molecule has 39 heavy (non-hydrogen) atoms. The normalized spacial score (nSPS) is 19.6. The van der Waals surface area contributed by atoms with Gasteiger partial charge in [-0.1, -0.05) is 35.3 Å². The van der Waals surface area contributed by atoms with E-state index in [-0.39, 0.29) is 22.8 Å². The van der Waals surface area contributed by atoms with Crippen LogP contribution >= 0.6 is 23.2 Å². The average Bonchev–Trinajstić information content (AvgIpc) is 3.39. The number of likely N-dealkylation sites (tertiary alicyclic amines) is 1. The van der Waals surface area contributed by atoms with E-state index >= 15 is 0 Å². The second-order valence-electron chi connectivity index (χ2n) is 9.81. The third-order valence-electron chi connectivity index (χ3n) is 7.32. The van der Waals surface area contributed by atoms with Crippen LogP contribution in [0.25, 0.3) is 17.0 Å². The molecule has 202 valence electrons. The number of carbonyl (C=O) groups excluding carboxylic acids is 1. The predicted octanol–water partition coefficient (Wildman–Crippen LogP) is 6.60. The minimum absolute atomic E-state index is 0.0517. The van der Waals surface area contributed by atoms with Crippen LogP contribution in [0.4, 0.5) is 23.7 Å². The van der Waals surface area contributed by atoms with Crippen molar-refractivity contribution < 1.29 is 18.0 Å². The number of halogens is 5. The third-order valence-corrected chi connectivity index (χ3v) is 7.90. The van der Waals surface area contributed by atoms with Crippen molar-refractivity contribution in [3.05, 3.63) is 82.2 Å². The quantitative estimate of drug-likeness (QED) is 0.298. The maximum Gasteiger partial charge on any atom is 0.416 e. The van der Waals surface area contributed by atoms with Crippen molar-refractivity contribution in [3.63, 3.8) is 0 Å². The van der Waals surface area contributed by atoms with Crippen LogP contribution in [-0.2, 0) is 12.7 Å². The summed E-state index contributed by atoms with van der Waals surface area (Å²) >= 11 is 12.2. The summed E-state index contributed by atoms with van der Waals surface area (Å²) in [6, 6.07) is 11.7. The van der Waals surface area contributed by atoms with E-state index in [4.69, 9.17) is 28.2 Å². The van der Waals surface area contributed by atoms with Gasteiger partial charge in [0.15, 0.2) is 0 Å². The number of alkyl halides is 3. The van der Waals surface area contributed by atoms with Crippen LogP contribution in [0, 0.1) is 0 Å². The molecule has 2 aliphatic rings. The van der Waals surface area contributed by atoms with Crippen molar-refractivity contribution in [2.45, 2.75) is 37.6 Å². The number of nitrogens with one attached hydrogen (secondary N) is 1. The Labute approximate surface area is 232 Å². The van der Waals surface area contributed by atoms with Gasteiger partial charge in [-0.05, 0) is 49.2 Å². The van der Waals surface area contributed by atoms with E-state index in [1.807, 2.05) is 40.9 Å². The molecule has 2 fully saturated rings. The molecule has 1 N–H and O–H groups in total. The molecule has 4 heterocycles. The van der Waals surface area contributed by atoms with E-state index < -0.39 is 17.8 Å². The SMILES string of the molecule is O=C(Nc1cc(C(F)(F)F)ccc1Cl)N1C2CCC1CN(Cc1c(-c3ccc(Cl)cc3)nc3ncccn13)C2. The number of aromatic nitrogens is 3. The topological polar surface area (TPSA) is 65.8 Å². The smallest absolute Gasteiger partial charge is 0.316 e. The molecule has 0 radical (unpaired) electrons. The summed E-state index contributed by atoms with van der Waals surface area (Å²) in [5, 5.41) is 3.31. The first-order chi connectivity index (χ1) is 18.7. The number of nitrogens with zero attached hydrogens (tertiary/aromatic N) is 5. The Balaban J connectivity index is 1.22. The van der Waals surface area contributed by atoms with Crippen molar-refractivity contribution in [1.29, 1.82) is 0 Å². The van der Waals surface area contributed by atoms with Crippen LogP contribution in [-0.4, -0.2) is 55.4 Å². The highest BCUT2D eigenvalue weighted by Crippen LogP contribution is 2.36. The highest BCUT2D eigenvalue weighted by atomic mass is 35.5. The first-order valence-electron chi connectivity index (χ1n) is 12.4. The molecule has 2 unspecified atom stereocenters. The van der Waals surface area contributed by atoms with Crippen molar-refractivity contribution in [3.8, 4) is 11.3 Å². The Morgan fingerprint density at radius 1 is 1.05 bits per heavy atom. The lowest BCUT2D eigenvalue weighted by atomic mass is 10.1. The van der Waals surface area contributed by atoms with Crippen LogP contribution in [0.15, 0.2) is 60.9 Å². The summed E-state index contributed by atoms with van der Waals surface area (Å²) in [5.41, 5.74) is 1.81. The zero-order chi connectivity index (χ0) is 27.3. The maximum atomic E-state index is 13.2. The number of anilines is 1. The van der Waals surface area contributed by atoms with Gasteiger partial charge >= 0.3 is 12.2 Å². The van der Waals surface area contributed by atoms with Crippen molar-refractivity contribution in [2.75, 3.05) is 18.4 Å². The molecule has 2 bridgehead atoms. The van der Waals surface area contributed by atoms with E-state index in [0.29, 0.717) is 30.4 Å². The number of benzene rings is 2. The van der Waals surface area contributed by atoms with Crippen molar-refractivity contribution in [2.24, 2.45) is 0 Å². The first-order valence-corrected chi connectivity index (χ1v) is 13.2. The Bertz CT molecular complexity index is 1530. The molecule has 0 aliphatic carbocycles. The van der Waals surface area contributed by atoms with E-state index in [9.17, 15) is 18.0 Å². The minimum atomic E-state index is -4.53. The summed E-state index contributed by atoms with van der Waals surface area (Å²) in [4.78, 5) is 26.5. The van der Waals surface area contributed by atoms with Gasteiger partial charge < -0.3 is 10.2 Å². The average molecular weight is 575 g/mol. The van der Waals surface area contributed by atoms with E-state index in [2.05, 4.69) is 15.2 Å². The molecule has 2 atom stereocenters. The summed E-state index contributed by atoms with van der Waals surface area (Å²) < 4.78 is 41.5. The lowest BCUT2D eigenvalue weighted by Crippen LogP contribution is -2.56. The number of fused-ring (bicyclic) bond motifs is 3.